The summed E-state index contributed by atoms with van der Waals surface area (Å²) in [5, 5.41) is 3.37. The van der Waals surface area contributed by atoms with Gasteiger partial charge in [-0.1, -0.05) is 6.92 Å². The second-order valence-electron chi connectivity index (χ2n) is 6.41. The summed E-state index contributed by atoms with van der Waals surface area (Å²) >= 11 is 0. The van der Waals surface area contributed by atoms with Crippen molar-refractivity contribution in [1.82, 2.24) is 15.1 Å². The molecule has 2 aliphatic rings. The van der Waals surface area contributed by atoms with Crippen LogP contribution in [0.15, 0.2) is 0 Å². The van der Waals surface area contributed by atoms with Gasteiger partial charge in [0.05, 0.1) is 6.54 Å². The molecule has 0 aromatic heterocycles. The van der Waals surface area contributed by atoms with Crippen molar-refractivity contribution in [2.24, 2.45) is 5.41 Å². The van der Waals surface area contributed by atoms with E-state index < -0.39 is 12.7 Å². The molecular weight excluding hydrogens is 255 g/mol. The number of rotatable bonds is 3. The van der Waals surface area contributed by atoms with Crippen LogP contribution in [0.4, 0.5) is 13.2 Å². The summed E-state index contributed by atoms with van der Waals surface area (Å²) < 4.78 is 37.3. The van der Waals surface area contributed by atoms with Crippen LogP contribution in [0.2, 0.25) is 0 Å². The van der Waals surface area contributed by atoms with Crippen LogP contribution in [-0.4, -0.2) is 67.8 Å². The van der Waals surface area contributed by atoms with Crippen molar-refractivity contribution in [1.29, 1.82) is 0 Å². The molecule has 2 saturated heterocycles. The highest BCUT2D eigenvalue weighted by atomic mass is 19.4. The minimum atomic E-state index is -4.09. The molecule has 6 heteroatoms. The van der Waals surface area contributed by atoms with Gasteiger partial charge >= 0.3 is 6.18 Å². The van der Waals surface area contributed by atoms with Gasteiger partial charge in [-0.3, -0.25) is 9.80 Å². The topological polar surface area (TPSA) is 18.5 Å². The van der Waals surface area contributed by atoms with E-state index in [1.54, 1.807) is 4.90 Å². The Morgan fingerprint density at radius 3 is 2.58 bits per heavy atom. The summed E-state index contributed by atoms with van der Waals surface area (Å²) in [5.74, 6) is 0. The van der Waals surface area contributed by atoms with Crippen LogP contribution >= 0.6 is 0 Å². The normalized spacial score (nSPS) is 34.9. The molecule has 2 rings (SSSR count). The minimum Gasteiger partial charge on any atom is -0.316 e. The van der Waals surface area contributed by atoms with Gasteiger partial charge in [-0.25, -0.2) is 0 Å². The molecular formula is C13H24F3N3. The predicted octanol–water partition coefficient (Wildman–Crippen LogP) is 1.55. The van der Waals surface area contributed by atoms with Crippen molar-refractivity contribution in [3.63, 3.8) is 0 Å². The summed E-state index contributed by atoms with van der Waals surface area (Å²) in [6.07, 6.45) is -2.93. The standard InChI is InChI=1S/C13H24F3N3/c1-11-7-18(9-12(2)3-4-17-8-12)5-6-19(11)10-13(14,15)16/h11,17H,3-10H2,1-2H3. The van der Waals surface area contributed by atoms with Crippen LogP contribution < -0.4 is 5.32 Å². The molecule has 3 nitrogen and oxygen atoms in total. The molecule has 0 spiro atoms. The highest BCUT2D eigenvalue weighted by Crippen LogP contribution is 2.27. The monoisotopic (exact) mass is 279 g/mol. The third-order valence-electron chi connectivity index (χ3n) is 4.29. The van der Waals surface area contributed by atoms with Gasteiger partial charge in [-0.05, 0) is 25.3 Å². The van der Waals surface area contributed by atoms with Crippen LogP contribution in [0, 0.1) is 5.41 Å². The largest absolute Gasteiger partial charge is 0.401 e. The first-order valence-electron chi connectivity index (χ1n) is 7.01. The molecule has 1 N–H and O–H groups in total. The summed E-state index contributed by atoms with van der Waals surface area (Å²) in [6.45, 7) is 8.45. The van der Waals surface area contributed by atoms with Gasteiger partial charge in [-0.15, -0.1) is 0 Å². The Bertz CT molecular complexity index is 300. The summed E-state index contributed by atoms with van der Waals surface area (Å²) in [7, 11) is 0. The molecule has 112 valence electrons. The highest BCUT2D eigenvalue weighted by molar-refractivity contribution is 4.89. The first-order chi connectivity index (χ1) is 8.77. The lowest BCUT2D eigenvalue weighted by Crippen LogP contribution is -2.55. The van der Waals surface area contributed by atoms with Gasteiger partial charge < -0.3 is 5.32 Å². The van der Waals surface area contributed by atoms with Crippen molar-refractivity contribution < 1.29 is 13.2 Å². The molecule has 2 fully saturated rings. The Hall–Kier alpha value is -0.330. The van der Waals surface area contributed by atoms with E-state index in [0.717, 1.165) is 39.1 Å². The average Bonchev–Trinajstić information content (AvgIpc) is 2.67. The fraction of sp³-hybridized carbons (Fsp3) is 1.00. The molecule has 0 bridgehead atoms. The van der Waals surface area contributed by atoms with Gasteiger partial charge in [0.2, 0.25) is 0 Å². The molecule has 2 heterocycles. The number of halogens is 3. The SMILES string of the molecule is CC1CN(CC2(C)CCNC2)CCN1CC(F)(F)F. The molecule has 0 aliphatic carbocycles. The molecule has 2 unspecified atom stereocenters. The Morgan fingerprint density at radius 1 is 1.32 bits per heavy atom. The number of alkyl halides is 3. The fourth-order valence-corrected chi connectivity index (χ4v) is 3.22. The number of hydrogen-bond acceptors (Lipinski definition) is 3. The van der Waals surface area contributed by atoms with Crippen LogP contribution in [0.1, 0.15) is 20.3 Å². The molecule has 0 radical (unpaired) electrons. The smallest absolute Gasteiger partial charge is 0.316 e. The van der Waals surface area contributed by atoms with Gasteiger partial charge in [0.15, 0.2) is 0 Å². The minimum absolute atomic E-state index is 0.0201. The number of hydrogen-bond donors (Lipinski definition) is 1. The lowest BCUT2D eigenvalue weighted by atomic mass is 9.89. The van der Waals surface area contributed by atoms with Crippen molar-refractivity contribution in [3.8, 4) is 0 Å². The van der Waals surface area contributed by atoms with E-state index in [9.17, 15) is 13.2 Å². The maximum absolute atomic E-state index is 12.4. The zero-order chi connectivity index (χ0) is 14.1. The van der Waals surface area contributed by atoms with Crippen LogP contribution in [0.25, 0.3) is 0 Å². The van der Waals surface area contributed by atoms with E-state index in [0.29, 0.717) is 6.54 Å². The zero-order valence-electron chi connectivity index (χ0n) is 11.8. The molecule has 0 amide bonds. The molecule has 0 aromatic rings. The molecule has 0 aromatic carbocycles. The van der Waals surface area contributed by atoms with Gasteiger partial charge in [0, 0.05) is 38.8 Å². The lowest BCUT2D eigenvalue weighted by molar-refractivity contribution is -0.155. The van der Waals surface area contributed by atoms with E-state index >= 15 is 0 Å². The third-order valence-corrected chi connectivity index (χ3v) is 4.29. The van der Waals surface area contributed by atoms with Crippen molar-refractivity contribution in [2.75, 3.05) is 45.8 Å². The van der Waals surface area contributed by atoms with Crippen molar-refractivity contribution >= 4 is 0 Å². The Kier molecular flexibility index (Phi) is 4.42. The quantitative estimate of drug-likeness (QED) is 0.846. The Morgan fingerprint density at radius 2 is 2.05 bits per heavy atom. The molecule has 19 heavy (non-hydrogen) atoms. The predicted molar refractivity (Wildman–Crippen MR) is 69.1 cm³/mol. The third kappa shape index (κ3) is 4.33. The van der Waals surface area contributed by atoms with Crippen molar-refractivity contribution in [3.05, 3.63) is 0 Å². The van der Waals surface area contributed by atoms with E-state index in [-0.39, 0.29) is 11.5 Å². The van der Waals surface area contributed by atoms with Gasteiger partial charge in [-0.2, -0.15) is 13.2 Å². The zero-order valence-corrected chi connectivity index (χ0v) is 11.8. The molecule has 2 atom stereocenters. The number of piperazine rings is 1. The summed E-state index contributed by atoms with van der Waals surface area (Å²) in [6, 6.07) is -0.0201. The van der Waals surface area contributed by atoms with Gasteiger partial charge in [0.1, 0.15) is 0 Å². The van der Waals surface area contributed by atoms with Crippen LogP contribution in [0.5, 0.6) is 0 Å². The second kappa shape index (κ2) is 5.58. The van der Waals surface area contributed by atoms with Crippen LogP contribution in [-0.2, 0) is 0 Å². The van der Waals surface area contributed by atoms with Gasteiger partial charge in [0.25, 0.3) is 0 Å². The second-order valence-corrected chi connectivity index (χ2v) is 6.41. The molecule has 2 aliphatic heterocycles. The first kappa shape index (κ1) is 15.1. The Balaban J connectivity index is 1.82. The summed E-state index contributed by atoms with van der Waals surface area (Å²) in [4.78, 5) is 3.87. The highest BCUT2D eigenvalue weighted by Gasteiger charge is 2.37. The molecule has 0 saturated carbocycles. The lowest BCUT2D eigenvalue weighted by Gasteiger charge is -2.42. The maximum atomic E-state index is 12.4. The first-order valence-corrected chi connectivity index (χ1v) is 7.01. The van der Waals surface area contributed by atoms with Crippen molar-refractivity contribution in [2.45, 2.75) is 32.5 Å². The summed E-state index contributed by atoms with van der Waals surface area (Å²) in [5.41, 5.74) is 0.284. The Labute approximate surface area is 113 Å². The van der Waals surface area contributed by atoms with Crippen LogP contribution in [0.3, 0.4) is 0 Å². The number of nitrogens with zero attached hydrogens (tertiary/aromatic N) is 2. The van der Waals surface area contributed by atoms with E-state index in [1.165, 1.54) is 0 Å². The van der Waals surface area contributed by atoms with E-state index in [2.05, 4.69) is 17.1 Å². The average molecular weight is 279 g/mol. The maximum Gasteiger partial charge on any atom is 0.401 e. The van der Waals surface area contributed by atoms with E-state index in [1.807, 2.05) is 6.92 Å². The number of nitrogens with one attached hydrogen (secondary N) is 1. The van der Waals surface area contributed by atoms with E-state index in [4.69, 9.17) is 0 Å². The fourth-order valence-electron chi connectivity index (χ4n) is 3.22.